The number of ether oxygens (including phenoxy) is 2. The number of halogens is 2. The van der Waals surface area contributed by atoms with Crippen LogP contribution in [0.25, 0.3) is 0 Å². The number of hydrogen-bond donors (Lipinski definition) is 0. The minimum Gasteiger partial charge on any atom is -0.497 e. The average Bonchev–Trinajstić information content (AvgIpc) is 2.37. The van der Waals surface area contributed by atoms with Crippen molar-refractivity contribution in [1.29, 1.82) is 0 Å². The van der Waals surface area contributed by atoms with Gasteiger partial charge in [0.1, 0.15) is 18.1 Å². The van der Waals surface area contributed by atoms with Crippen LogP contribution in [0.2, 0.25) is 0 Å². The second-order valence-electron chi connectivity index (χ2n) is 3.60. The zero-order valence-corrected chi connectivity index (χ0v) is 12.9. The van der Waals surface area contributed by atoms with Gasteiger partial charge in [0.15, 0.2) is 0 Å². The number of rotatable bonds is 4. The molecule has 0 aliphatic heterocycles. The molecule has 18 heavy (non-hydrogen) atoms. The highest BCUT2D eigenvalue weighted by Gasteiger charge is 2.04. The first-order chi connectivity index (χ1) is 8.69. The van der Waals surface area contributed by atoms with Crippen LogP contribution in [0.15, 0.2) is 45.6 Å². The third-order valence-corrected chi connectivity index (χ3v) is 3.35. The molecule has 94 valence electrons. The van der Waals surface area contributed by atoms with Crippen LogP contribution in [-0.2, 0) is 6.61 Å². The summed E-state index contributed by atoms with van der Waals surface area (Å²) < 4.78 is 12.6. The van der Waals surface area contributed by atoms with Gasteiger partial charge in [0.2, 0.25) is 0 Å². The summed E-state index contributed by atoms with van der Waals surface area (Å²) in [5.41, 5.74) is 1.01. The first-order valence-electron chi connectivity index (χ1n) is 5.25. The van der Waals surface area contributed by atoms with Crippen molar-refractivity contribution < 1.29 is 9.47 Å². The van der Waals surface area contributed by atoms with Gasteiger partial charge in [0.25, 0.3) is 0 Å². The lowest BCUT2D eigenvalue weighted by Crippen LogP contribution is -1.97. The third kappa shape index (κ3) is 3.46. The van der Waals surface area contributed by atoms with Gasteiger partial charge in [-0.2, -0.15) is 0 Å². The lowest BCUT2D eigenvalue weighted by Gasteiger charge is -2.09. The lowest BCUT2D eigenvalue weighted by atomic mass is 10.3. The van der Waals surface area contributed by atoms with E-state index in [0.29, 0.717) is 6.61 Å². The molecule has 3 nitrogen and oxygen atoms in total. The summed E-state index contributed by atoms with van der Waals surface area (Å²) in [4.78, 5) is 4.09. The standard InChI is InChI=1S/C13H11Br2NO2/c1-17-11-2-3-13(12(15)5-11)18-8-9-4-10(14)7-16-6-9/h2-7H,8H2,1H3. The maximum absolute atomic E-state index is 5.71. The fourth-order valence-corrected chi connectivity index (χ4v) is 2.31. The number of methoxy groups -OCH3 is 1. The Bertz CT molecular complexity index is 546. The molecule has 1 heterocycles. The largest absolute Gasteiger partial charge is 0.497 e. The maximum Gasteiger partial charge on any atom is 0.134 e. The van der Waals surface area contributed by atoms with Crippen LogP contribution in [0.5, 0.6) is 11.5 Å². The van der Waals surface area contributed by atoms with E-state index >= 15 is 0 Å². The molecular weight excluding hydrogens is 362 g/mol. The van der Waals surface area contributed by atoms with Crippen molar-refractivity contribution >= 4 is 31.9 Å². The quantitative estimate of drug-likeness (QED) is 0.806. The monoisotopic (exact) mass is 371 g/mol. The molecule has 0 atom stereocenters. The van der Waals surface area contributed by atoms with Crippen LogP contribution in [0.1, 0.15) is 5.56 Å². The van der Waals surface area contributed by atoms with Gasteiger partial charge in [-0.05, 0) is 56.1 Å². The Balaban J connectivity index is 2.06. The predicted molar refractivity (Wildman–Crippen MR) is 77.0 cm³/mol. The van der Waals surface area contributed by atoms with Crippen molar-refractivity contribution in [3.8, 4) is 11.5 Å². The molecule has 1 aromatic carbocycles. The number of benzene rings is 1. The van der Waals surface area contributed by atoms with E-state index < -0.39 is 0 Å². The van der Waals surface area contributed by atoms with E-state index in [1.165, 1.54) is 0 Å². The molecule has 0 amide bonds. The summed E-state index contributed by atoms with van der Waals surface area (Å²) in [5, 5.41) is 0. The minimum atomic E-state index is 0.470. The van der Waals surface area contributed by atoms with Crippen molar-refractivity contribution in [3.63, 3.8) is 0 Å². The molecule has 0 aliphatic rings. The average molecular weight is 373 g/mol. The van der Waals surface area contributed by atoms with E-state index in [9.17, 15) is 0 Å². The predicted octanol–water partition coefficient (Wildman–Crippen LogP) is 4.19. The number of aromatic nitrogens is 1. The van der Waals surface area contributed by atoms with Gasteiger partial charge in [0, 0.05) is 22.4 Å². The molecular formula is C13H11Br2NO2. The summed E-state index contributed by atoms with van der Waals surface area (Å²) in [7, 11) is 1.63. The molecule has 0 N–H and O–H groups in total. The zero-order chi connectivity index (χ0) is 13.0. The van der Waals surface area contributed by atoms with E-state index in [0.717, 1.165) is 26.0 Å². The van der Waals surface area contributed by atoms with Crippen LogP contribution >= 0.6 is 31.9 Å². The topological polar surface area (TPSA) is 31.4 Å². The fourth-order valence-electron chi connectivity index (χ4n) is 1.42. The Morgan fingerprint density at radius 3 is 2.67 bits per heavy atom. The molecule has 5 heteroatoms. The van der Waals surface area contributed by atoms with Crippen LogP contribution in [0, 0.1) is 0 Å². The SMILES string of the molecule is COc1ccc(OCc2cncc(Br)c2)c(Br)c1. The number of pyridine rings is 1. The second-order valence-corrected chi connectivity index (χ2v) is 5.37. The van der Waals surface area contributed by atoms with Gasteiger partial charge in [0.05, 0.1) is 11.6 Å². The van der Waals surface area contributed by atoms with Gasteiger partial charge in [-0.25, -0.2) is 0 Å². The van der Waals surface area contributed by atoms with Crippen LogP contribution < -0.4 is 9.47 Å². The molecule has 2 rings (SSSR count). The highest BCUT2D eigenvalue weighted by Crippen LogP contribution is 2.29. The van der Waals surface area contributed by atoms with E-state index in [1.807, 2.05) is 24.3 Å². The molecule has 0 bridgehead atoms. The van der Waals surface area contributed by atoms with Gasteiger partial charge in [-0.3, -0.25) is 4.98 Å². The van der Waals surface area contributed by atoms with E-state index in [1.54, 1.807) is 19.5 Å². The molecule has 0 spiro atoms. The van der Waals surface area contributed by atoms with Crippen molar-refractivity contribution in [3.05, 3.63) is 51.2 Å². The summed E-state index contributed by atoms with van der Waals surface area (Å²) in [6.45, 7) is 0.470. The molecule has 0 fully saturated rings. The summed E-state index contributed by atoms with van der Waals surface area (Å²) in [5.74, 6) is 1.56. The lowest BCUT2D eigenvalue weighted by molar-refractivity contribution is 0.303. The van der Waals surface area contributed by atoms with Gasteiger partial charge in [-0.15, -0.1) is 0 Å². The Morgan fingerprint density at radius 2 is 2.00 bits per heavy atom. The summed E-state index contributed by atoms with van der Waals surface area (Å²) in [6.07, 6.45) is 3.52. The Morgan fingerprint density at radius 1 is 1.17 bits per heavy atom. The smallest absolute Gasteiger partial charge is 0.134 e. The summed E-state index contributed by atoms with van der Waals surface area (Å²) in [6, 6.07) is 7.58. The van der Waals surface area contributed by atoms with Crippen LogP contribution in [-0.4, -0.2) is 12.1 Å². The third-order valence-electron chi connectivity index (χ3n) is 2.29. The molecule has 2 aromatic rings. The fraction of sp³-hybridized carbons (Fsp3) is 0.154. The maximum atomic E-state index is 5.71. The molecule has 0 aliphatic carbocycles. The zero-order valence-electron chi connectivity index (χ0n) is 9.69. The summed E-state index contributed by atoms with van der Waals surface area (Å²) >= 11 is 6.82. The highest BCUT2D eigenvalue weighted by atomic mass is 79.9. The molecule has 0 unspecified atom stereocenters. The van der Waals surface area contributed by atoms with E-state index in [-0.39, 0.29) is 0 Å². The van der Waals surface area contributed by atoms with Gasteiger partial charge >= 0.3 is 0 Å². The van der Waals surface area contributed by atoms with Gasteiger partial charge in [-0.1, -0.05) is 0 Å². The van der Waals surface area contributed by atoms with Crippen molar-refractivity contribution in [2.24, 2.45) is 0 Å². The second kappa shape index (κ2) is 6.20. The van der Waals surface area contributed by atoms with Crippen LogP contribution in [0.3, 0.4) is 0 Å². The van der Waals surface area contributed by atoms with Gasteiger partial charge < -0.3 is 9.47 Å². The molecule has 0 radical (unpaired) electrons. The van der Waals surface area contributed by atoms with Crippen molar-refractivity contribution in [2.45, 2.75) is 6.61 Å². The van der Waals surface area contributed by atoms with E-state index in [2.05, 4.69) is 36.8 Å². The van der Waals surface area contributed by atoms with Crippen molar-refractivity contribution in [1.82, 2.24) is 4.98 Å². The number of hydrogen-bond acceptors (Lipinski definition) is 3. The number of nitrogens with zero attached hydrogens (tertiary/aromatic N) is 1. The normalized spacial score (nSPS) is 10.2. The first kappa shape index (κ1) is 13.4. The van der Waals surface area contributed by atoms with E-state index in [4.69, 9.17) is 9.47 Å². The van der Waals surface area contributed by atoms with Crippen LogP contribution in [0.4, 0.5) is 0 Å². The Labute approximate surface area is 122 Å². The molecule has 0 saturated heterocycles. The molecule has 1 aromatic heterocycles. The Kier molecular flexibility index (Phi) is 4.60. The minimum absolute atomic E-state index is 0.470. The van der Waals surface area contributed by atoms with Crippen molar-refractivity contribution in [2.75, 3.05) is 7.11 Å². The molecule has 0 saturated carbocycles. The highest BCUT2D eigenvalue weighted by molar-refractivity contribution is 9.10. The first-order valence-corrected chi connectivity index (χ1v) is 6.83. The Hall–Kier alpha value is -1.07.